The monoisotopic (exact) mass is 426 g/mol. The molecule has 32 heavy (non-hydrogen) atoms. The van der Waals surface area contributed by atoms with Crippen molar-refractivity contribution in [2.45, 2.75) is 32.6 Å². The molecule has 0 atom stereocenters. The maximum absolute atomic E-state index is 12.6. The van der Waals surface area contributed by atoms with Crippen LogP contribution in [-0.2, 0) is 6.42 Å². The fraction of sp³-hybridized carbons (Fsp3) is 0.286. The van der Waals surface area contributed by atoms with E-state index >= 15 is 0 Å². The Labute approximate surface area is 190 Å². The second-order valence-corrected chi connectivity index (χ2v) is 8.60. The first-order valence-corrected chi connectivity index (χ1v) is 11.4. The van der Waals surface area contributed by atoms with Gasteiger partial charge < -0.3 is 10.2 Å². The lowest BCUT2D eigenvalue weighted by Crippen LogP contribution is -2.41. The highest BCUT2D eigenvalue weighted by atomic mass is 16.2. The summed E-state index contributed by atoms with van der Waals surface area (Å²) in [6, 6.07) is 26.4. The lowest BCUT2D eigenvalue weighted by atomic mass is 9.90. The maximum atomic E-state index is 12.6. The highest BCUT2D eigenvalue weighted by Crippen LogP contribution is 2.25. The number of rotatable bonds is 6. The number of likely N-dealkylation sites (tertiary alicyclic amines) is 1. The van der Waals surface area contributed by atoms with Crippen molar-refractivity contribution in [2.75, 3.05) is 18.4 Å². The van der Waals surface area contributed by atoms with Crippen LogP contribution in [0.2, 0.25) is 0 Å². The van der Waals surface area contributed by atoms with Crippen molar-refractivity contribution in [3.63, 3.8) is 0 Å². The van der Waals surface area contributed by atoms with E-state index in [1.807, 2.05) is 17.0 Å². The number of carbonyl (C=O) groups excluding carboxylic acids is 2. The number of hydrogen-bond donors (Lipinski definition) is 1. The Balaban J connectivity index is 1.23. The van der Waals surface area contributed by atoms with Crippen LogP contribution in [-0.4, -0.2) is 29.8 Å². The first-order valence-electron chi connectivity index (χ1n) is 11.4. The van der Waals surface area contributed by atoms with Gasteiger partial charge in [0.15, 0.2) is 5.78 Å². The molecule has 1 aliphatic rings. The van der Waals surface area contributed by atoms with Gasteiger partial charge in [0.05, 0.1) is 0 Å². The molecular weight excluding hydrogens is 396 g/mol. The smallest absolute Gasteiger partial charge is 0.321 e. The van der Waals surface area contributed by atoms with E-state index in [2.05, 4.69) is 53.8 Å². The SMILES string of the molecule is CC(=O)c1cccc(NC(=O)N2CCC(CCc3ccc(-c4ccccc4)cc3)CC2)c1. The second kappa shape index (κ2) is 10.3. The third-order valence-electron chi connectivity index (χ3n) is 6.32. The number of Topliss-reactive ketones (excluding diaryl/α,β-unsaturated/α-hetero) is 1. The lowest BCUT2D eigenvalue weighted by molar-refractivity contribution is 0.101. The van der Waals surface area contributed by atoms with E-state index in [0.29, 0.717) is 17.2 Å². The number of aryl methyl sites for hydroxylation is 1. The number of ketones is 1. The summed E-state index contributed by atoms with van der Waals surface area (Å²) in [5.41, 5.74) is 5.15. The molecule has 0 spiro atoms. The average molecular weight is 427 g/mol. The van der Waals surface area contributed by atoms with Crippen LogP contribution in [0.1, 0.15) is 42.1 Å². The van der Waals surface area contributed by atoms with Crippen molar-refractivity contribution in [1.29, 1.82) is 0 Å². The summed E-state index contributed by atoms with van der Waals surface area (Å²) >= 11 is 0. The molecule has 1 N–H and O–H groups in total. The zero-order valence-corrected chi connectivity index (χ0v) is 18.6. The number of nitrogens with one attached hydrogen (secondary N) is 1. The molecule has 0 aromatic heterocycles. The normalized spacial score (nSPS) is 14.2. The van der Waals surface area contributed by atoms with Crippen molar-refractivity contribution >= 4 is 17.5 Å². The highest BCUT2D eigenvalue weighted by molar-refractivity contribution is 5.96. The lowest BCUT2D eigenvalue weighted by Gasteiger charge is -2.32. The third-order valence-corrected chi connectivity index (χ3v) is 6.32. The number of carbonyl (C=O) groups is 2. The summed E-state index contributed by atoms with van der Waals surface area (Å²) in [5.74, 6) is 0.644. The number of hydrogen-bond acceptors (Lipinski definition) is 2. The molecule has 0 bridgehead atoms. The van der Waals surface area contributed by atoms with E-state index in [4.69, 9.17) is 0 Å². The minimum absolute atomic E-state index is 0.00313. The van der Waals surface area contributed by atoms with Crippen molar-refractivity contribution in [3.8, 4) is 11.1 Å². The molecule has 0 saturated carbocycles. The second-order valence-electron chi connectivity index (χ2n) is 8.60. The number of urea groups is 1. The minimum atomic E-state index is -0.0827. The van der Waals surface area contributed by atoms with Crippen LogP contribution in [0.25, 0.3) is 11.1 Å². The van der Waals surface area contributed by atoms with Crippen LogP contribution in [0.3, 0.4) is 0 Å². The van der Waals surface area contributed by atoms with Gasteiger partial charge in [0.1, 0.15) is 0 Å². The molecule has 164 valence electrons. The van der Waals surface area contributed by atoms with E-state index in [9.17, 15) is 9.59 Å². The number of amides is 2. The van der Waals surface area contributed by atoms with Crippen molar-refractivity contribution < 1.29 is 9.59 Å². The largest absolute Gasteiger partial charge is 0.325 e. The van der Waals surface area contributed by atoms with Crippen LogP contribution in [0.4, 0.5) is 10.5 Å². The highest BCUT2D eigenvalue weighted by Gasteiger charge is 2.22. The van der Waals surface area contributed by atoms with Gasteiger partial charge in [0.2, 0.25) is 0 Å². The molecular formula is C28H30N2O2. The summed E-state index contributed by atoms with van der Waals surface area (Å²) < 4.78 is 0. The van der Waals surface area contributed by atoms with E-state index in [0.717, 1.165) is 38.8 Å². The van der Waals surface area contributed by atoms with Gasteiger partial charge in [-0.05, 0) is 67.3 Å². The molecule has 0 aliphatic carbocycles. The van der Waals surface area contributed by atoms with Crippen LogP contribution in [0, 0.1) is 5.92 Å². The number of anilines is 1. The van der Waals surface area contributed by atoms with Gasteiger partial charge in [0, 0.05) is 24.3 Å². The Morgan fingerprint density at radius 3 is 2.25 bits per heavy atom. The quantitative estimate of drug-likeness (QED) is 0.462. The molecule has 3 aromatic rings. The van der Waals surface area contributed by atoms with E-state index < -0.39 is 0 Å². The van der Waals surface area contributed by atoms with Crippen LogP contribution >= 0.6 is 0 Å². The van der Waals surface area contributed by atoms with E-state index in [1.165, 1.54) is 23.6 Å². The first kappa shape index (κ1) is 21.8. The maximum Gasteiger partial charge on any atom is 0.321 e. The molecule has 1 fully saturated rings. The molecule has 3 aromatic carbocycles. The topological polar surface area (TPSA) is 49.4 Å². The fourth-order valence-corrected chi connectivity index (χ4v) is 4.31. The minimum Gasteiger partial charge on any atom is -0.325 e. The molecule has 4 nitrogen and oxygen atoms in total. The molecule has 2 amide bonds. The van der Waals surface area contributed by atoms with Crippen LogP contribution in [0.5, 0.6) is 0 Å². The number of benzene rings is 3. The Kier molecular flexibility index (Phi) is 7.00. The average Bonchev–Trinajstić information content (AvgIpc) is 2.84. The number of nitrogens with zero attached hydrogens (tertiary/aromatic N) is 1. The van der Waals surface area contributed by atoms with Gasteiger partial charge in [-0.1, -0.05) is 66.7 Å². The predicted molar refractivity (Wildman–Crippen MR) is 130 cm³/mol. The molecule has 0 unspecified atom stereocenters. The zero-order chi connectivity index (χ0) is 22.3. The van der Waals surface area contributed by atoms with Gasteiger partial charge in [-0.15, -0.1) is 0 Å². The molecule has 1 aliphatic heterocycles. The van der Waals surface area contributed by atoms with E-state index in [1.54, 1.807) is 18.2 Å². The summed E-state index contributed by atoms with van der Waals surface area (Å²) in [7, 11) is 0. The van der Waals surface area contributed by atoms with Crippen molar-refractivity contribution in [2.24, 2.45) is 5.92 Å². The van der Waals surface area contributed by atoms with Gasteiger partial charge in [-0.2, -0.15) is 0 Å². The third kappa shape index (κ3) is 5.64. The van der Waals surface area contributed by atoms with Crippen LogP contribution in [0.15, 0.2) is 78.9 Å². The first-order chi connectivity index (χ1) is 15.6. The molecule has 1 saturated heterocycles. The van der Waals surface area contributed by atoms with Gasteiger partial charge in [-0.3, -0.25) is 4.79 Å². The van der Waals surface area contributed by atoms with Gasteiger partial charge in [-0.25, -0.2) is 4.79 Å². The molecule has 4 rings (SSSR count). The summed E-state index contributed by atoms with van der Waals surface area (Å²) in [5, 5.41) is 2.93. The molecule has 0 radical (unpaired) electrons. The number of piperidine rings is 1. The Morgan fingerprint density at radius 2 is 1.56 bits per heavy atom. The molecule has 4 heteroatoms. The predicted octanol–water partition coefficient (Wildman–Crippen LogP) is 6.43. The van der Waals surface area contributed by atoms with Gasteiger partial charge in [0.25, 0.3) is 0 Å². The summed E-state index contributed by atoms with van der Waals surface area (Å²) in [6.07, 6.45) is 4.29. The fourth-order valence-electron chi connectivity index (χ4n) is 4.31. The molecule has 1 heterocycles. The zero-order valence-electron chi connectivity index (χ0n) is 18.6. The summed E-state index contributed by atoms with van der Waals surface area (Å²) in [4.78, 5) is 26.0. The van der Waals surface area contributed by atoms with Crippen molar-refractivity contribution in [3.05, 3.63) is 90.0 Å². The van der Waals surface area contributed by atoms with Crippen molar-refractivity contribution in [1.82, 2.24) is 4.90 Å². The standard InChI is InChI=1S/C28H30N2O2/c1-21(31)26-8-5-9-27(20-26)29-28(32)30-18-16-23(17-19-30)11-10-22-12-14-25(15-13-22)24-6-3-2-4-7-24/h2-9,12-15,20,23H,10-11,16-19H2,1H3,(H,29,32). The Hall–Kier alpha value is -3.40. The Morgan fingerprint density at radius 1 is 0.875 bits per heavy atom. The van der Waals surface area contributed by atoms with Crippen LogP contribution < -0.4 is 5.32 Å². The van der Waals surface area contributed by atoms with E-state index in [-0.39, 0.29) is 11.8 Å². The summed E-state index contributed by atoms with van der Waals surface area (Å²) in [6.45, 7) is 3.08. The van der Waals surface area contributed by atoms with Gasteiger partial charge >= 0.3 is 6.03 Å². The Bertz CT molecular complexity index is 1050.